The van der Waals surface area contributed by atoms with Crippen LogP contribution in [0.2, 0.25) is 0 Å². The topological polar surface area (TPSA) is 35.5 Å². The molecule has 0 atom stereocenters. The van der Waals surface area contributed by atoms with Crippen LogP contribution in [0.25, 0.3) is 11.3 Å². The first kappa shape index (κ1) is 16.5. The molecule has 2 aliphatic rings. The quantitative estimate of drug-likeness (QED) is 0.856. The van der Waals surface area contributed by atoms with Crippen molar-refractivity contribution >= 4 is 5.69 Å². The molecule has 2 aliphatic heterocycles. The molecule has 3 heterocycles. The summed E-state index contributed by atoms with van der Waals surface area (Å²) in [5.41, 5.74) is 4.47. The number of piperazine rings is 1. The normalized spacial score (nSPS) is 19.5. The lowest BCUT2D eigenvalue weighted by molar-refractivity contribution is 0.146. The van der Waals surface area contributed by atoms with Crippen molar-refractivity contribution in [2.24, 2.45) is 0 Å². The Bertz CT molecular complexity index is 668. The minimum absolute atomic E-state index is 0.898. The first-order chi connectivity index (χ1) is 12.3. The van der Waals surface area contributed by atoms with Crippen molar-refractivity contribution in [1.82, 2.24) is 20.0 Å². The molecule has 0 unspecified atom stereocenters. The summed E-state index contributed by atoms with van der Waals surface area (Å²) < 4.78 is 0. The molecule has 5 nitrogen and oxygen atoms in total. The van der Waals surface area contributed by atoms with E-state index in [4.69, 9.17) is 0 Å². The Morgan fingerprint density at radius 1 is 0.800 bits per heavy atom. The summed E-state index contributed by atoms with van der Waals surface area (Å²) in [5, 5.41) is 8.91. The molecule has 0 spiro atoms. The van der Waals surface area contributed by atoms with Crippen LogP contribution in [0.15, 0.2) is 36.4 Å². The predicted octanol–water partition coefficient (Wildman–Crippen LogP) is 2.49. The summed E-state index contributed by atoms with van der Waals surface area (Å²) in [7, 11) is 2.18. The minimum atomic E-state index is 0.898. The fraction of sp³-hybridized carbons (Fsp3) is 0.500. The standard InChI is InChI=1S/C20H27N5/c1-23-12-14-24(15-13-23)16-18-6-9-20(22-21-18)17-4-7-19(8-5-17)25-10-2-3-11-25/h4-9H,2-3,10-16H2,1H3. The van der Waals surface area contributed by atoms with E-state index in [-0.39, 0.29) is 0 Å². The molecule has 2 fully saturated rings. The molecule has 1 aromatic carbocycles. The molecule has 2 saturated heterocycles. The number of nitrogens with zero attached hydrogens (tertiary/aromatic N) is 5. The van der Waals surface area contributed by atoms with Gasteiger partial charge in [0.1, 0.15) is 0 Å². The van der Waals surface area contributed by atoms with Crippen molar-refractivity contribution in [3.05, 3.63) is 42.1 Å². The Balaban J connectivity index is 1.39. The third-order valence-corrected chi connectivity index (χ3v) is 5.34. The van der Waals surface area contributed by atoms with Gasteiger partial charge in [0, 0.05) is 57.1 Å². The molecule has 1 aromatic heterocycles. The van der Waals surface area contributed by atoms with Gasteiger partial charge in [0.25, 0.3) is 0 Å². The summed E-state index contributed by atoms with van der Waals surface area (Å²) >= 11 is 0. The monoisotopic (exact) mass is 337 g/mol. The fourth-order valence-electron chi connectivity index (χ4n) is 3.65. The predicted molar refractivity (Wildman–Crippen MR) is 102 cm³/mol. The zero-order valence-electron chi connectivity index (χ0n) is 15.1. The maximum atomic E-state index is 4.46. The summed E-state index contributed by atoms with van der Waals surface area (Å²) in [5.74, 6) is 0. The number of hydrogen-bond acceptors (Lipinski definition) is 5. The maximum absolute atomic E-state index is 4.46. The Hall–Kier alpha value is -1.98. The Kier molecular flexibility index (Phi) is 4.95. The van der Waals surface area contributed by atoms with Crippen molar-refractivity contribution in [3.63, 3.8) is 0 Å². The van der Waals surface area contributed by atoms with Crippen LogP contribution in [0.5, 0.6) is 0 Å². The molecule has 0 radical (unpaired) electrons. The van der Waals surface area contributed by atoms with E-state index in [1.165, 1.54) is 31.6 Å². The van der Waals surface area contributed by atoms with Crippen LogP contribution in [0, 0.1) is 0 Å². The Morgan fingerprint density at radius 2 is 1.52 bits per heavy atom. The molecular weight excluding hydrogens is 310 g/mol. The van der Waals surface area contributed by atoms with Gasteiger partial charge in [-0.3, -0.25) is 4.90 Å². The van der Waals surface area contributed by atoms with E-state index < -0.39 is 0 Å². The molecule has 0 aliphatic carbocycles. The largest absolute Gasteiger partial charge is 0.372 e. The van der Waals surface area contributed by atoms with E-state index in [0.717, 1.165) is 49.7 Å². The Morgan fingerprint density at radius 3 is 2.16 bits per heavy atom. The van der Waals surface area contributed by atoms with Crippen molar-refractivity contribution in [2.75, 3.05) is 51.2 Å². The van der Waals surface area contributed by atoms with Crippen molar-refractivity contribution < 1.29 is 0 Å². The second-order valence-corrected chi connectivity index (χ2v) is 7.23. The van der Waals surface area contributed by atoms with Gasteiger partial charge in [-0.05, 0) is 44.2 Å². The van der Waals surface area contributed by atoms with Gasteiger partial charge < -0.3 is 9.80 Å². The zero-order chi connectivity index (χ0) is 17.1. The minimum Gasteiger partial charge on any atom is -0.372 e. The van der Waals surface area contributed by atoms with Crippen LogP contribution in [0.1, 0.15) is 18.5 Å². The number of anilines is 1. The zero-order valence-corrected chi connectivity index (χ0v) is 15.1. The van der Waals surface area contributed by atoms with Crippen LogP contribution in [-0.4, -0.2) is 66.3 Å². The average Bonchev–Trinajstić information content (AvgIpc) is 3.19. The van der Waals surface area contributed by atoms with Crippen LogP contribution >= 0.6 is 0 Å². The first-order valence-electron chi connectivity index (χ1n) is 9.37. The molecule has 5 heteroatoms. The fourth-order valence-corrected chi connectivity index (χ4v) is 3.65. The SMILES string of the molecule is CN1CCN(Cc2ccc(-c3ccc(N4CCCC4)cc3)nn2)CC1. The molecule has 0 saturated carbocycles. The van der Waals surface area contributed by atoms with E-state index in [2.05, 4.69) is 68.3 Å². The Labute approximate surface area is 150 Å². The average molecular weight is 337 g/mol. The van der Waals surface area contributed by atoms with Crippen molar-refractivity contribution in [1.29, 1.82) is 0 Å². The number of benzene rings is 1. The molecular formula is C20H27N5. The highest BCUT2D eigenvalue weighted by molar-refractivity contribution is 5.63. The summed E-state index contributed by atoms with van der Waals surface area (Å²) in [6.07, 6.45) is 2.62. The second kappa shape index (κ2) is 7.50. The van der Waals surface area contributed by atoms with E-state index >= 15 is 0 Å². The summed E-state index contributed by atoms with van der Waals surface area (Å²) in [6.45, 7) is 7.74. The lowest BCUT2D eigenvalue weighted by Crippen LogP contribution is -2.44. The highest BCUT2D eigenvalue weighted by Gasteiger charge is 2.15. The van der Waals surface area contributed by atoms with Gasteiger partial charge in [-0.2, -0.15) is 10.2 Å². The lowest BCUT2D eigenvalue weighted by atomic mass is 10.1. The molecule has 0 amide bonds. The van der Waals surface area contributed by atoms with Gasteiger partial charge in [0.2, 0.25) is 0 Å². The number of rotatable bonds is 4. The lowest BCUT2D eigenvalue weighted by Gasteiger charge is -2.31. The van der Waals surface area contributed by atoms with Gasteiger partial charge in [0.15, 0.2) is 0 Å². The van der Waals surface area contributed by atoms with E-state index in [0.29, 0.717) is 0 Å². The van der Waals surface area contributed by atoms with Gasteiger partial charge in [-0.15, -0.1) is 0 Å². The van der Waals surface area contributed by atoms with Gasteiger partial charge in [-0.1, -0.05) is 12.1 Å². The van der Waals surface area contributed by atoms with Crippen LogP contribution in [0.3, 0.4) is 0 Å². The third-order valence-electron chi connectivity index (χ3n) is 5.34. The number of aromatic nitrogens is 2. The van der Waals surface area contributed by atoms with Gasteiger partial charge in [-0.25, -0.2) is 0 Å². The maximum Gasteiger partial charge on any atom is 0.0929 e. The van der Waals surface area contributed by atoms with E-state index in [9.17, 15) is 0 Å². The van der Waals surface area contributed by atoms with E-state index in [1.54, 1.807) is 0 Å². The molecule has 0 N–H and O–H groups in total. The summed E-state index contributed by atoms with van der Waals surface area (Å²) in [6, 6.07) is 13.0. The third kappa shape index (κ3) is 3.99. The van der Waals surface area contributed by atoms with Crippen LogP contribution in [0.4, 0.5) is 5.69 Å². The van der Waals surface area contributed by atoms with Crippen LogP contribution < -0.4 is 4.90 Å². The highest BCUT2D eigenvalue weighted by Crippen LogP contribution is 2.24. The van der Waals surface area contributed by atoms with Crippen molar-refractivity contribution in [2.45, 2.75) is 19.4 Å². The van der Waals surface area contributed by atoms with E-state index in [1.807, 2.05) is 0 Å². The molecule has 2 aromatic rings. The first-order valence-corrected chi connectivity index (χ1v) is 9.37. The molecule has 4 rings (SSSR count). The smallest absolute Gasteiger partial charge is 0.0929 e. The summed E-state index contributed by atoms with van der Waals surface area (Å²) in [4.78, 5) is 7.28. The molecule has 0 bridgehead atoms. The molecule has 25 heavy (non-hydrogen) atoms. The number of hydrogen-bond donors (Lipinski definition) is 0. The number of likely N-dealkylation sites (N-methyl/N-ethyl adjacent to an activating group) is 1. The second-order valence-electron chi connectivity index (χ2n) is 7.23. The van der Waals surface area contributed by atoms with Gasteiger partial charge in [0.05, 0.1) is 11.4 Å². The van der Waals surface area contributed by atoms with Gasteiger partial charge >= 0.3 is 0 Å². The highest BCUT2D eigenvalue weighted by atomic mass is 15.3. The molecule has 132 valence electrons. The van der Waals surface area contributed by atoms with Crippen molar-refractivity contribution in [3.8, 4) is 11.3 Å². The van der Waals surface area contributed by atoms with Crippen LogP contribution in [-0.2, 0) is 6.54 Å².